The average molecular weight is 683 g/mol. The lowest BCUT2D eigenvalue weighted by Crippen LogP contribution is -2.12. The first-order chi connectivity index (χ1) is 26.0. The molecule has 256 valence electrons. The van der Waals surface area contributed by atoms with E-state index >= 15 is 0 Å². The first kappa shape index (κ1) is 31.6. The molecule has 2 aromatic heterocycles. The number of nitrogens with zero attached hydrogens (tertiary/aromatic N) is 1. The van der Waals surface area contributed by atoms with Gasteiger partial charge >= 0.3 is 0 Å². The lowest BCUT2D eigenvalue weighted by molar-refractivity contribution is 0.671. The van der Waals surface area contributed by atoms with Crippen LogP contribution in [-0.2, 0) is 0 Å². The molecule has 8 aromatic rings. The van der Waals surface area contributed by atoms with Gasteiger partial charge in [-0.1, -0.05) is 117 Å². The van der Waals surface area contributed by atoms with Gasteiger partial charge in [0.25, 0.3) is 0 Å². The molecular weight excluding hydrogens is 641 g/mol. The number of para-hydroxylation sites is 2. The molecule has 6 aromatic carbocycles. The van der Waals surface area contributed by atoms with E-state index in [1.807, 2.05) is 0 Å². The molecule has 0 fully saturated rings. The van der Waals surface area contributed by atoms with E-state index in [2.05, 4.69) is 188 Å². The van der Waals surface area contributed by atoms with Crippen LogP contribution in [0.4, 0.5) is 0 Å². The number of hydrogen-bond acceptors (Lipinski definition) is 0. The Kier molecular flexibility index (Phi) is 7.47. The van der Waals surface area contributed by atoms with E-state index in [4.69, 9.17) is 0 Å². The molecule has 0 bridgehead atoms. The Bertz CT molecular complexity index is 2800. The zero-order valence-corrected chi connectivity index (χ0v) is 30.5. The Balaban J connectivity index is 1.12. The second kappa shape index (κ2) is 12.5. The van der Waals surface area contributed by atoms with Gasteiger partial charge in [0.2, 0.25) is 0 Å². The normalized spacial score (nSPS) is 17.2. The molecule has 2 heteroatoms. The van der Waals surface area contributed by atoms with Crippen LogP contribution in [0.2, 0.25) is 0 Å². The minimum absolute atomic E-state index is 0.369. The van der Waals surface area contributed by atoms with Gasteiger partial charge in [0, 0.05) is 50.1 Å². The van der Waals surface area contributed by atoms with Gasteiger partial charge < -0.3 is 9.55 Å². The molecule has 2 unspecified atom stereocenters. The van der Waals surface area contributed by atoms with Gasteiger partial charge in [-0.05, 0) is 130 Å². The van der Waals surface area contributed by atoms with E-state index in [9.17, 15) is 0 Å². The highest BCUT2D eigenvalue weighted by Crippen LogP contribution is 2.46. The quantitative estimate of drug-likeness (QED) is 0.187. The summed E-state index contributed by atoms with van der Waals surface area (Å²) in [5.41, 5.74) is 19.4. The Morgan fingerprint density at radius 1 is 0.547 bits per heavy atom. The summed E-state index contributed by atoms with van der Waals surface area (Å²) in [7, 11) is 0. The third kappa shape index (κ3) is 5.49. The Hall–Kier alpha value is -6.12. The highest BCUT2D eigenvalue weighted by Gasteiger charge is 2.29. The monoisotopic (exact) mass is 682 g/mol. The summed E-state index contributed by atoms with van der Waals surface area (Å²) in [6, 6.07) is 51.4. The minimum Gasteiger partial charge on any atom is -0.355 e. The van der Waals surface area contributed by atoms with E-state index in [1.165, 1.54) is 99.8 Å². The van der Waals surface area contributed by atoms with Gasteiger partial charge in [-0.2, -0.15) is 0 Å². The Labute approximate surface area is 311 Å². The fourth-order valence-corrected chi connectivity index (χ4v) is 9.08. The third-order valence-electron chi connectivity index (χ3n) is 11.5. The summed E-state index contributed by atoms with van der Waals surface area (Å²) in [5.74, 6) is 0.862. The number of fused-ring (bicyclic) bond motifs is 6. The van der Waals surface area contributed by atoms with E-state index in [1.54, 1.807) is 0 Å². The van der Waals surface area contributed by atoms with Gasteiger partial charge in [-0.3, -0.25) is 0 Å². The van der Waals surface area contributed by atoms with Crippen LogP contribution in [0, 0.1) is 12.8 Å². The van der Waals surface area contributed by atoms with E-state index in [-0.39, 0.29) is 0 Å². The van der Waals surface area contributed by atoms with Crippen molar-refractivity contribution in [2.75, 3.05) is 0 Å². The van der Waals surface area contributed by atoms with Crippen LogP contribution in [0.15, 0.2) is 163 Å². The van der Waals surface area contributed by atoms with Crippen LogP contribution in [0.25, 0.3) is 72.3 Å². The van der Waals surface area contributed by atoms with Crippen molar-refractivity contribution in [3.8, 4) is 27.9 Å². The van der Waals surface area contributed by atoms with Crippen molar-refractivity contribution < 1.29 is 0 Å². The Morgan fingerprint density at radius 2 is 1.21 bits per heavy atom. The largest absolute Gasteiger partial charge is 0.355 e. The molecule has 0 saturated carbocycles. The standard InChI is InChI=1S/C51H42N2/c1-32-22-38(35-12-6-4-7-13-35)27-41(25-32)42-26-34(3)51-47(31-42)46-30-37(19-21-50(46)53(51)43-14-8-5-9-15-43)40-24-33(2)23-39(28-40)36-18-20-49-45(29-36)44-16-10-11-17-48(44)52-49/h4-24,27-32,34,52H,25-26H2,1-3H3. The molecule has 2 aliphatic rings. The van der Waals surface area contributed by atoms with Crippen molar-refractivity contribution in [2.45, 2.75) is 39.5 Å². The van der Waals surface area contributed by atoms with Crippen molar-refractivity contribution in [1.82, 2.24) is 9.55 Å². The van der Waals surface area contributed by atoms with Crippen molar-refractivity contribution in [3.05, 3.63) is 185 Å². The van der Waals surface area contributed by atoms with Crippen molar-refractivity contribution in [3.63, 3.8) is 0 Å². The van der Waals surface area contributed by atoms with Crippen molar-refractivity contribution in [2.24, 2.45) is 5.92 Å². The summed E-state index contributed by atoms with van der Waals surface area (Å²) < 4.78 is 2.53. The molecule has 0 spiro atoms. The first-order valence-electron chi connectivity index (χ1n) is 19.0. The number of nitrogens with one attached hydrogen (secondary N) is 1. The number of aromatic amines is 1. The van der Waals surface area contributed by atoms with Crippen molar-refractivity contribution in [1.29, 1.82) is 0 Å². The highest BCUT2D eigenvalue weighted by atomic mass is 15.0. The Morgan fingerprint density at radius 3 is 2.00 bits per heavy atom. The van der Waals surface area contributed by atoms with Gasteiger partial charge in [-0.15, -0.1) is 0 Å². The smallest absolute Gasteiger partial charge is 0.0538 e. The third-order valence-corrected chi connectivity index (χ3v) is 11.5. The molecule has 0 amide bonds. The second-order valence-electron chi connectivity index (χ2n) is 15.3. The number of hydrogen-bond donors (Lipinski definition) is 1. The summed E-state index contributed by atoms with van der Waals surface area (Å²) in [6.07, 6.45) is 9.54. The fourth-order valence-electron chi connectivity index (χ4n) is 9.08. The second-order valence-corrected chi connectivity index (χ2v) is 15.3. The predicted molar refractivity (Wildman–Crippen MR) is 226 cm³/mol. The van der Waals surface area contributed by atoms with Crippen molar-refractivity contribution >= 4 is 44.4 Å². The summed E-state index contributed by atoms with van der Waals surface area (Å²) in [5, 5.41) is 3.85. The molecule has 0 radical (unpaired) electrons. The molecule has 2 aliphatic carbocycles. The minimum atomic E-state index is 0.369. The summed E-state index contributed by atoms with van der Waals surface area (Å²) in [6.45, 7) is 7.00. The average Bonchev–Trinajstić information content (AvgIpc) is 3.73. The van der Waals surface area contributed by atoms with Gasteiger partial charge in [0.15, 0.2) is 0 Å². The molecule has 2 nitrogen and oxygen atoms in total. The molecule has 2 atom stereocenters. The predicted octanol–water partition coefficient (Wildman–Crippen LogP) is 13.8. The number of allylic oxidation sites excluding steroid dienone is 5. The zero-order valence-electron chi connectivity index (χ0n) is 30.5. The van der Waals surface area contributed by atoms with E-state index in [0.717, 1.165) is 12.8 Å². The van der Waals surface area contributed by atoms with Crippen LogP contribution in [-0.4, -0.2) is 9.55 Å². The lowest BCUT2D eigenvalue weighted by atomic mass is 9.79. The molecule has 1 N–H and O–H groups in total. The van der Waals surface area contributed by atoms with Crippen LogP contribution < -0.4 is 0 Å². The SMILES string of the molecule is Cc1cc(-c2ccc3c(c2)c2c(n3-c3ccccc3)C(C)CC(C3=CC(c4ccccc4)=CC(C)C3)=C2)cc(-c2ccc3[nH]c4ccccc4c3c2)c1. The summed E-state index contributed by atoms with van der Waals surface area (Å²) in [4.78, 5) is 3.59. The maximum absolute atomic E-state index is 3.59. The maximum atomic E-state index is 3.59. The van der Waals surface area contributed by atoms with E-state index < -0.39 is 0 Å². The number of aromatic nitrogens is 2. The topological polar surface area (TPSA) is 20.7 Å². The molecule has 2 heterocycles. The molecule has 0 aliphatic heterocycles. The lowest BCUT2D eigenvalue weighted by Gasteiger charge is -2.27. The van der Waals surface area contributed by atoms with Crippen LogP contribution in [0.3, 0.4) is 0 Å². The molecule has 10 rings (SSSR count). The number of rotatable bonds is 5. The van der Waals surface area contributed by atoms with Crippen LogP contribution >= 0.6 is 0 Å². The summed E-state index contributed by atoms with van der Waals surface area (Å²) >= 11 is 0. The van der Waals surface area contributed by atoms with Gasteiger partial charge in [-0.25, -0.2) is 0 Å². The number of aryl methyl sites for hydroxylation is 1. The van der Waals surface area contributed by atoms with Crippen LogP contribution in [0.1, 0.15) is 55.0 Å². The molecule has 0 saturated heterocycles. The van der Waals surface area contributed by atoms with Gasteiger partial charge in [0.05, 0.1) is 5.52 Å². The van der Waals surface area contributed by atoms with E-state index in [0.29, 0.717) is 11.8 Å². The first-order valence-corrected chi connectivity index (χ1v) is 19.0. The molecule has 53 heavy (non-hydrogen) atoms. The number of H-pyrrole nitrogens is 1. The highest BCUT2D eigenvalue weighted by molar-refractivity contribution is 6.08. The molecular formula is C51H42N2. The number of benzene rings is 6. The zero-order chi connectivity index (χ0) is 35.6. The van der Waals surface area contributed by atoms with Crippen LogP contribution in [0.5, 0.6) is 0 Å². The fraction of sp³-hybridized carbons (Fsp3) is 0.137. The maximum Gasteiger partial charge on any atom is 0.0538 e. The van der Waals surface area contributed by atoms with Gasteiger partial charge in [0.1, 0.15) is 0 Å².